The number of piperazine rings is 1. The van der Waals surface area contributed by atoms with Crippen LogP contribution in [0.1, 0.15) is 28.9 Å². The lowest BCUT2D eigenvalue weighted by Crippen LogP contribution is -2.54. The molecule has 1 atom stereocenters. The SMILES string of the molecule is O=C(c1ccc(Nc2nccn3c(-c4cn[nH]c4C(F)(F)F)cnc23)cc1Cl)N1CCN(C(=O)[C@H]2CCCN2)CC1. The molecule has 2 fully saturated rings. The summed E-state index contributed by atoms with van der Waals surface area (Å²) < 4.78 is 41.7. The van der Waals surface area contributed by atoms with Crippen LogP contribution in [0.2, 0.25) is 5.02 Å². The second-order valence-corrected chi connectivity index (χ2v) is 10.3. The number of nitrogens with one attached hydrogen (secondary N) is 3. The first-order chi connectivity index (χ1) is 19.7. The molecule has 41 heavy (non-hydrogen) atoms. The van der Waals surface area contributed by atoms with E-state index in [1.165, 1.54) is 23.0 Å². The second-order valence-electron chi connectivity index (χ2n) is 9.86. The van der Waals surface area contributed by atoms with Crippen LogP contribution in [0.4, 0.5) is 24.7 Å². The predicted octanol–water partition coefficient (Wildman–Crippen LogP) is 3.57. The molecule has 2 aliphatic heterocycles. The zero-order valence-electron chi connectivity index (χ0n) is 21.6. The molecule has 0 unspecified atom stereocenters. The Labute approximate surface area is 236 Å². The lowest BCUT2D eigenvalue weighted by atomic mass is 10.1. The number of fused-ring (bicyclic) bond motifs is 1. The number of benzene rings is 1. The largest absolute Gasteiger partial charge is 0.433 e. The minimum atomic E-state index is -4.61. The van der Waals surface area contributed by atoms with Gasteiger partial charge in [0, 0.05) is 44.3 Å². The number of nitrogens with zero attached hydrogens (tertiary/aromatic N) is 6. The van der Waals surface area contributed by atoms with Crippen molar-refractivity contribution < 1.29 is 22.8 Å². The van der Waals surface area contributed by atoms with Gasteiger partial charge in [0.1, 0.15) is 5.69 Å². The predicted molar refractivity (Wildman–Crippen MR) is 144 cm³/mol. The number of rotatable bonds is 5. The highest BCUT2D eigenvalue weighted by Crippen LogP contribution is 2.36. The zero-order valence-corrected chi connectivity index (χ0v) is 22.3. The van der Waals surface area contributed by atoms with E-state index in [1.807, 2.05) is 5.10 Å². The van der Waals surface area contributed by atoms with Crippen molar-refractivity contribution in [2.45, 2.75) is 25.1 Å². The Morgan fingerprint density at radius 3 is 2.56 bits per heavy atom. The molecule has 2 amide bonds. The number of hydrogen-bond acceptors (Lipinski definition) is 7. The maximum atomic E-state index is 13.4. The van der Waals surface area contributed by atoms with Gasteiger partial charge in [-0.05, 0) is 37.6 Å². The Morgan fingerprint density at radius 1 is 1.07 bits per heavy atom. The summed E-state index contributed by atoms with van der Waals surface area (Å²) in [4.78, 5) is 37.9. The van der Waals surface area contributed by atoms with Crippen molar-refractivity contribution in [2.24, 2.45) is 0 Å². The number of aromatic nitrogens is 5. The molecular weight excluding hydrogens is 563 g/mol. The number of alkyl halides is 3. The molecule has 2 aliphatic rings. The zero-order chi connectivity index (χ0) is 28.7. The summed E-state index contributed by atoms with van der Waals surface area (Å²) in [5, 5.41) is 12.1. The molecule has 0 bridgehead atoms. The van der Waals surface area contributed by atoms with Crippen LogP contribution in [-0.2, 0) is 11.0 Å². The summed E-state index contributed by atoms with van der Waals surface area (Å²) in [6, 6.07) is 4.71. The van der Waals surface area contributed by atoms with Crippen LogP contribution in [0.25, 0.3) is 16.9 Å². The highest BCUT2D eigenvalue weighted by atomic mass is 35.5. The quantitative estimate of drug-likeness (QED) is 0.326. The molecule has 6 rings (SSSR count). The first-order valence-corrected chi connectivity index (χ1v) is 13.4. The van der Waals surface area contributed by atoms with E-state index >= 15 is 0 Å². The number of halogens is 4. The lowest BCUT2D eigenvalue weighted by molar-refractivity contribution is -0.140. The molecular formula is C26H25ClF3N9O2. The fourth-order valence-corrected chi connectivity index (χ4v) is 5.48. The van der Waals surface area contributed by atoms with E-state index in [4.69, 9.17) is 11.6 Å². The van der Waals surface area contributed by atoms with Crippen LogP contribution >= 0.6 is 11.6 Å². The summed E-state index contributed by atoms with van der Waals surface area (Å²) >= 11 is 6.51. The third-order valence-electron chi connectivity index (χ3n) is 7.33. The van der Waals surface area contributed by atoms with E-state index in [9.17, 15) is 22.8 Å². The van der Waals surface area contributed by atoms with E-state index in [-0.39, 0.29) is 45.6 Å². The third-order valence-corrected chi connectivity index (χ3v) is 7.64. The van der Waals surface area contributed by atoms with Crippen molar-refractivity contribution in [3.8, 4) is 11.3 Å². The fourth-order valence-electron chi connectivity index (χ4n) is 5.22. The van der Waals surface area contributed by atoms with Gasteiger partial charge in [-0.3, -0.25) is 19.1 Å². The standard InChI is InChI=1S/C26H25ClF3N9O2/c27-18-12-15(3-4-16(18)24(40)37-8-10-38(11-9-37)25(41)19-2-1-5-31-19)35-22-23-33-14-20(39(23)7-6-32-22)17-13-34-36-21(17)26(28,29)30/h3-4,6-7,12-14,19,31H,1-2,5,8-11H2,(H,32,35)(H,34,36)/t19-/m1/s1. The minimum Gasteiger partial charge on any atom is -0.338 e. The maximum absolute atomic E-state index is 13.4. The normalized spacial score (nSPS) is 17.8. The molecule has 4 aromatic rings. The van der Waals surface area contributed by atoms with Gasteiger partial charge in [-0.25, -0.2) is 9.97 Å². The Kier molecular flexibility index (Phi) is 7.03. The van der Waals surface area contributed by atoms with E-state index in [1.54, 1.807) is 28.0 Å². The van der Waals surface area contributed by atoms with Gasteiger partial charge in [-0.1, -0.05) is 11.6 Å². The average molecular weight is 588 g/mol. The number of carbonyl (C=O) groups excluding carboxylic acids is 2. The van der Waals surface area contributed by atoms with Gasteiger partial charge in [-0.2, -0.15) is 18.3 Å². The summed E-state index contributed by atoms with van der Waals surface area (Å²) in [6.45, 7) is 2.60. The van der Waals surface area contributed by atoms with Crippen molar-refractivity contribution in [3.63, 3.8) is 0 Å². The number of anilines is 2. The fraction of sp³-hybridized carbons (Fsp3) is 0.346. The van der Waals surface area contributed by atoms with Gasteiger partial charge in [0.2, 0.25) is 5.91 Å². The van der Waals surface area contributed by atoms with E-state index in [2.05, 4.69) is 25.7 Å². The van der Waals surface area contributed by atoms with Gasteiger partial charge >= 0.3 is 6.18 Å². The number of amides is 2. The van der Waals surface area contributed by atoms with Crippen LogP contribution in [-0.4, -0.2) is 84.9 Å². The molecule has 3 aromatic heterocycles. The van der Waals surface area contributed by atoms with Crippen LogP contribution in [0.3, 0.4) is 0 Å². The second kappa shape index (κ2) is 10.7. The van der Waals surface area contributed by atoms with Crippen LogP contribution in [0.5, 0.6) is 0 Å². The smallest absolute Gasteiger partial charge is 0.338 e. The first-order valence-electron chi connectivity index (χ1n) is 13.0. The van der Waals surface area contributed by atoms with Crippen molar-refractivity contribution >= 4 is 40.6 Å². The molecule has 11 nitrogen and oxygen atoms in total. The highest BCUT2D eigenvalue weighted by Gasteiger charge is 2.37. The number of H-pyrrole nitrogens is 1. The Hall–Kier alpha value is -4.17. The van der Waals surface area contributed by atoms with Crippen molar-refractivity contribution in [2.75, 3.05) is 38.0 Å². The molecule has 0 spiro atoms. The van der Waals surface area contributed by atoms with Crippen LogP contribution in [0.15, 0.2) is 43.0 Å². The number of carbonyl (C=O) groups is 2. The first kappa shape index (κ1) is 27.0. The van der Waals surface area contributed by atoms with E-state index in [0.717, 1.165) is 25.6 Å². The van der Waals surface area contributed by atoms with Crippen LogP contribution < -0.4 is 10.6 Å². The third kappa shape index (κ3) is 5.20. The number of imidazole rings is 1. The molecule has 0 aliphatic carbocycles. The number of hydrogen-bond donors (Lipinski definition) is 3. The van der Waals surface area contributed by atoms with Gasteiger partial charge in [0.05, 0.1) is 40.3 Å². The summed E-state index contributed by atoms with van der Waals surface area (Å²) in [5.74, 6) is 0.136. The van der Waals surface area contributed by atoms with Crippen molar-refractivity contribution in [1.29, 1.82) is 0 Å². The van der Waals surface area contributed by atoms with Crippen molar-refractivity contribution in [1.82, 2.24) is 39.7 Å². The summed E-state index contributed by atoms with van der Waals surface area (Å²) in [6.07, 6.45) is 2.55. The maximum Gasteiger partial charge on any atom is 0.433 e. The Bertz CT molecular complexity index is 1610. The topological polar surface area (TPSA) is 124 Å². The Morgan fingerprint density at radius 2 is 1.85 bits per heavy atom. The molecule has 0 radical (unpaired) electrons. The molecule has 0 saturated carbocycles. The van der Waals surface area contributed by atoms with Crippen molar-refractivity contribution in [3.05, 3.63) is 59.3 Å². The average Bonchev–Trinajstić information content (AvgIpc) is 3.73. The molecule has 15 heteroatoms. The monoisotopic (exact) mass is 587 g/mol. The van der Waals surface area contributed by atoms with Crippen LogP contribution in [0, 0.1) is 0 Å². The van der Waals surface area contributed by atoms with E-state index < -0.39 is 11.9 Å². The molecule has 3 N–H and O–H groups in total. The highest BCUT2D eigenvalue weighted by molar-refractivity contribution is 6.34. The van der Waals surface area contributed by atoms with Gasteiger partial charge in [0.15, 0.2) is 11.5 Å². The summed E-state index contributed by atoms with van der Waals surface area (Å²) in [5.41, 5.74) is 0.184. The molecule has 1 aromatic carbocycles. The molecule has 2 saturated heterocycles. The summed E-state index contributed by atoms with van der Waals surface area (Å²) in [7, 11) is 0. The lowest BCUT2D eigenvalue weighted by Gasteiger charge is -2.36. The number of aromatic amines is 1. The molecule has 5 heterocycles. The molecule has 214 valence electrons. The van der Waals surface area contributed by atoms with E-state index in [0.29, 0.717) is 37.4 Å². The van der Waals surface area contributed by atoms with Gasteiger partial charge in [0.25, 0.3) is 5.91 Å². The Balaban J connectivity index is 1.16. The van der Waals surface area contributed by atoms with Gasteiger partial charge in [-0.15, -0.1) is 0 Å². The minimum absolute atomic E-state index is 0.0850. The van der Waals surface area contributed by atoms with Gasteiger partial charge < -0.3 is 20.4 Å².